The smallest absolute Gasteiger partial charge is 0.252 e. The van der Waals surface area contributed by atoms with E-state index in [-0.39, 0.29) is 12.5 Å². The molecule has 0 unspecified atom stereocenters. The summed E-state index contributed by atoms with van der Waals surface area (Å²) in [6.07, 6.45) is 0. The van der Waals surface area contributed by atoms with E-state index < -0.39 is 0 Å². The highest BCUT2D eigenvalue weighted by molar-refractivity contribution is 7.22. The predicted molar refractivity (Wildman–Crippen MR) is 69.6 cm³/mol. The van der Waals surface area contributed by atoms with Gasteiger partial charge in [0.25, 0.3) is 5.91 Å². The molecule has 0 spiro atoms. The molecule has 17 heavy (non-hydrogen) atoms. The summed E-state index contributed by atoms with van der Waals surface area (Å²) in [5, 5.41) is 3.35. The topological polar surface area (TPSA) is 51.2 Å². The Labute approximate surface area is 104 Å². The number of methoxy groups -OCH3 is 1. The molecule has 0 fully saturated rings. The molecule has 2 rings (SSSR count). The second-order valence-corrected chi connectivity index (χ2v) is 4.88. The van der Waals surface area contributed by atoms with E-state index in [0.717, 1.165) is 15.8 Å². The third-order valence-electron chi connectivity index (χ3n) is 2.46. The number of fused-ring (bicyclic) bond motifs is 1. The molecular weight excluding hydrogens is 236 g/mol. The van der Waals surface area contributed by atoms with Crippen LogP contribution in [0.1, 0.15) is 11.1 Å². The number of aryl methyl sites for hydroxylation is 2. The Hall–Kier alpha value is -1.46. The number of nitrogens with one attached hydrogen (secondary N) is 1. The first kappa shape index (κ1) is 12.0. The molecule has 1 heterocycles. The Balaban J connectivity index is 2.35. The normalized spacial score (nSPS) is 10.8. The number of anilines is 1. The fraction of sp³-hybridized carbons (Fsp3) is 0.333. The van der Waals surface area contributed by atoms with E-state index in [1.165, 1.54) is 24.0 Å². The largest absolute Gasteiger partial charge is 0.375 e. The summed E-state index contributed by atoms with van der Waals surface area (Å²) < 4.78 is 5.89. The van der Waals surface area contributed by atoms with E-state index in [2.05, 4.69) is 16.4 Å². The SMILES string of the molecule is COCC(=O)Nc1nc2c(C)ccc(C)c2s1. The van der Waals surface area contributed by atoms with Gasteiger partial charge >= 0.3 is 0 Å². The monoisotopic (exact) mass is 250 g/mol. The zero-order valence-electron chi connectivity index (χ0n) is 10.0. The first-order valence-corrected chi connectivity index (χ1v) is 6.09. The number of thiazole rings is 1. The van der Waals surface area contributed by atoms with E-state index in [9.17, 15) is 4.79 Å². The number of amides is 1. The lowest BCUT2D eigenvalue weighted by Gasteiger charge is -1.98. The van der Waals surface area contributed by atoms with Gasteiger partial charge in [0.05, 0.1) is 10.2 Å². The van der Waals surface area contributed by atoms with Crippen molar-refractivity contribution >= 4 is 32.6 Å². The predicted octanol–water partition coefficient (Wildman–Crippen LogP) is 2.50. The number of ether oxygens (including phenoxy) is 1. The molecule has 0 radical (unpaired) electrons. The first-order valence-electron chi connectivity index (χ1n) is 5.27. The molecule has 0 aliphatic heterocycles. The van der Waals surface area contributed by atoms with Crippen molar-refractivity contribution in [3.8, 4) is 0 Å². The van der Waals surface area contributed by atoms with Gasteiger partial charge < -0.3 is 4.74 Å². The van der Waals surface area contributed by atoms with Crippen LogP contribution in [-0.4, -0.2) is 24.6 Å². The summed E-state index contributed by atoms with van der Waals surface area (Å²) in [4.78, 5) is 15.8. The lowest BCUT2D eigenvalue weighted by atomic mass is 10.1. The summed E-state index contributed by atoms with van der Waals surface area (Å²) in [6.45, 7) is 4.11. The van der Waals surface area contributed by atoms with Gasteiger partial charge in [0.2, 0.25) is 0 Å². The van der Waals surface area contributed by atoms with Crippen LogP contribution in [0.2, 0.25) is 0 Å². The first-order chi connectivity index (χ1) is 8.11. The minimum absolute atomic E-state index is 0.0495. The number of nitrogens with zero attached hydrogens (tertiary/aromatic N) is 1. The number of rotatable bonds is 3. The Morgan fingerprint density at radius 3 is 2.76 bits per heavy atom. The van der Waals surface area contributed by atoms with Crippen LogP contribution in [-0.2, 0) is 9.53 Å². The lowest BCUT2D eigenvalue weighted by Crippen LogP contribution is -2.16. The number of benzene rings is 1. The van der Waals surface area contributed by atoms with Gasteiger partial charge in [0.15, 0.2) is 5.13 Å². The highest BCUT2D eigenvalue weighted by Crippen LogP contribution is 2.30. The standard InChI is InChI=1S/C12H14N2O2S/c1-7-4-5-8(2)11-10(7)14-12(17-11)13-9(15)6-16-3/h4-5H,6H2,1-3H3,(H,13,14,15). The molecular formula is C12H14N2O2S. The van der Waals surface area contributed by atoms with Crippen molar-refractivity contribution < 1.29 is 9.53 Å². The van der Waals surface area contributed by atoms with Crippen molar-refractivity contribution in [3.05, 3.63) is 23.3 Å². The van der Waals surface area contributed by atoms with Gasteiger partial charge in [-0.05, 0) is 25.0 Å². The minimum atomic E-state index is -0.179. The van der Waals surface area contributed by atoms with E-state index in [4.69, 9.17) is 4.74 Å². The van der Waals surface area contributed by atoms with Gasteiger partial charge in [-0.3, -0.25) is 10.1 Å². The third kappa shape index (κ3) is 2.45. The average molecular weight is 250 g/mol. The second-order valence-electron chi connectivity index (χ2n) is 3.88. The van der Waals surface area contributed by atoms with E-state index >= 15 is 0 Å². The van der Waals surface area contributed by atoms with Gasteiger partial charge in [0, 0.05) is 7.11 Å². The molecule has 0 aliphatic rings. The molecule has 4 nitrogen and oxygen atoms in total. The zero-order valence-corrected chi connectivity index (χ0v) is 10.9. The van der Waals surface area contributed by atoms with Gasteiger partial charge in [-0.25, -0.2) is 4.98 Å². The fourth-order valence-electron chi connectivity index (χ4n) is 1.60. The van der Waals surface area contributed by atoms with Crippen LogP contribution in [0.3, 0.4) is 0 Å². The molecule has 0 atom stereocenters. The maximum Gasteiger partial charge on any atom is 0.252 e. The van der Waals surface area contributed by atoms with Crippen molar-refractivity contribution in [3.63, 3.8) is 0 Å². The average Bonchev–Trinajstić information content (AvgIpc) is 2.69. The molecule has 0 saturated carbocycles. The summed E-state index contributed by atoms with van der Waals surface area (Å²) in [5.41, 5.74) is 3.26. The van der Waals surface area contributed by atoms with Gasteiger partial charge in [-0.2, -0.15) is 0 Å². The molecule has 2 aromatic rings. The molecule has 1 aromatic heterocycles. The summed E-state index contributed by atoms with van der Waals surface area (Å²) in [5.74, 6) is -0.179. The third-order valence-corrected chi connectivity index (χ3v) is 3.57. The van der Waals surface area contributed by atoms with Crippen molar-refractivity contribution in [1.82, 2.24) is 4.98 Å². The van der Waals surface area contributed by atoms with Crippen LogP contribution in [0.5, 0.6) is 0 Å². The number of aromatic nitrogens is 1. The summed E-state index contributed by atoms with van der Waals surface area (Å²) in [6, 6.07) is 4.11. The molecule has 1 aromatic carbocycles. The molecule has 0 bridgehead atoms. The van der Waals surface area contributed by atoms with Gasteiger partial charge in [-0.15, -0.1) is 0 Å². The van der Waals surface area contributed by atoms with Gasteiger partial charge in [-0.1, -0.05) is 23.5 Å². The van der Waals surface area contributed by atoms with Crippen LogP contribution in [0.15, 0.2) is 12.1 Å². The van der Waals surface area contributed by atoms with Gasteiger partial charge in [0.1, 0.15) is 6.61 Å². The summed E-state index contributed by atoms with van der Waals surface area (Å²) >= 11 is 1.49. The van der Waals surface area contributed by atoms with Crippen LogP contribution in [0, 0.1) is 13.8 Å². The Morgan fingerprint density at radius 1 is 1.41 bits per heavy atom. The van der Waals surface area contributed by atoms with E-state index in [1.54, 1.807) is 0 Å². The molecule has 90 valence electrons. The number of hydrogen-bond donors (Lipinski definition) is 1. The zero-order chi connectivity index (χ0) is 12.4. The molecule has 0 saturated heterocycles. The maximum atomic E-state index is 11.4. The molecule has 1 N–H and O–H groups in total. The number of carbonyl (C=O) groups is 1. The van der Waals surface area contributed by atoms with Crippen LogP contribution in [0.4, 0.5) is 5.13 Å². The fourth-order valence-corrected chi connectivity index (χ4v) is 2.63. The lowest BCUT2D eigenvalue weighted by molar-refractivity contribution is -0.119. The highest BCUT2D eigenvalue weighted by atomic mass is 32.1. The van der Waals surface area contributed by atoms with Crippen LogP contribution >= 0.6 is 11.3 Å². The number of carbonyl (C=O) groups excluding carboxylic acids is 1. The van der Waals surface area contributed by atoms with Crippen molar-refractivity contribution in [1.29, 1.82) is 0 Å². The number of hydrogen-bond acceptors (Lipinski definition) is 4. The van der Waals surface area contributed by atoms with Crippen molar-refractivity contribution in [2.45, 2.75) is 13.8 Å². The van der Waals surface area contributed by atoms with Crippen LogP contribution < -0.4 is 5.32 Å². The van der Waals surface area contributed by atoms with Crippen LogP contribution in [0.25, 0.3) is 10.2 Å². The quantitative estimate of drug-likeness (QED) is 0.910. The summed E-state index contributed by atoms with van der Waals surface area (Å²) in [7, 11) is 1.49. The van der Waals surface area contributed by atoms with Crippen molar-refractivity contribution in [2.24, 2.45) is 0 Å². The Bertz CT molecular complexity index is 524. The molecule has 5 heteroatoms. The molecule has 0 aliphatic carbocycles. The van der Waals surface area contributed by atoms with E-state index in [1.807, 2.05) is 19.9 Å². The van der Waals surface area contributed by atoms with E-state index in [0.29, 0.717) is 5.13 Å². The second kappa shape index (κ2) is 4.81. The minimum Gasteiger partial charge on any atom is -0.375 e. The van der Waals surface area contributed by atoms with Crippen molar-refractivity contribution in [2.75, 3.05) is 19.0 Å². The maximum absolute atomic E-state index is 11.4. The Morgan fingerprint density at radius 2 is 2.12 bits per heavy atom. The Kier molecular flexibility index (Phi) is 3.40. The molecule has 1 amide bonds. The highest BCUT2D eigenvalue weighted by Gasteiger charge is 2.10.